The molecule has 0 radical (unpaired) electrons. The SMILES string of the molecule is CCCCC/C=C\C/C=C\CCCCCCCC(=O)OCCCOC(=O)CCC(CCCCCC)OC(=O)OCCCN(CC)CC. The Hall–Kier alpha value is -2.35. The Kier molecular flexibility index (Phi) is 33.2. The Morgan fingerprint density at radius 2 is 1.11 bits per heavy atom. The van der Waals surface area contributed by atoms with E-state index in [1.807, 2.05) is 0 Å². The van der Waals surface area contributed by atoms with Crippen LogP contribution in [0.4, 0.5) is 4.79 Å². The van der Waals surface area contributed by atoms with Crippen molar-refractivity contribution in [3.8, 4) is 0 Å². The van der Waals surface area contributed by atoms with Gasteiger partial charge < -0.3 is 23.8 Å². The number of carbonyl (C=O) groups is 3. The topological polar surface area (TPSA) is 91.4 Å². The summed E-state index contributed by atoms with van der Waals surface area (Å²) < 4.78 is 21.5. The molecule has 0 rings (SSSR count). The molecule has 1 atom stereocenters. The van der Waals surface area contributed by atoms with Crippen molar-refractivity contribution < 1.29 is 33.3 Å². The first kappa shape index (κ1) is 44.6. The van der Waals surface area contributed by atoms with Crippen LogP contribution < -0.4 is 0 Å². The zero-order chi connectivity index (χ0) is 34.6. The largest absolute Gasteiger partial charge is 0.508 e. The quantitative estimate of drug-likeness (QED) is 0.0296. The molecule has 0 saturated heterocycles. The zero-order valence-corrected chi connectivity index (χ0v) is 30.8. The van der Waals surface area contributed by atoms with E-state index in [0.717, 1.165) is 83.8 Å². The minimum absolute atomic E-state index is 0.167. The van der Waals surface area contributed by atoms with Gasteiger partial charge in [0.1, 0.15) is 6.10 Å². The van der Waals surface area contributed by atoms with Gasteiger partial charge in [-0.05, 0) is 77.3 Å². The molecule has 47 heavy (non-hydrogen) atoms. The molecular weight excluding hydrogens is 594 g/mol. The van der Waals surface area contributed by atoms with Crippen molar-refractivity contribution in [3.63, 3.8) is 0 Å². The second-order valence-electron chi connectivity index (χ2n) is 12.4. The van der Waals surface area contributed by atoms with Crippen molar-refractivity contribution in [1.29, 1.82) is 0 Å². The third kappa shape index (κ3) is 32.0. The monoisotopic (exact) mass is 666 g/mol. The van der Waals surface area contributed by atoms with Gasteiger partial charge in [-0.1, -0.05) is 103 Å². The van der Waals surface area contributed by atoms with Gasteiger partial charge in [0.15, 0.2) is 0 Å². The summed E-state index contributed by atoms with van der Waals surface area (Å²) >= 11 is 0. The van der Waals surface area contributed by atoms with E-state index in [1.165, 1.54) is 38.5 Å². The lowest BCUT2D eigenvalue weighted by Gasteiger charge is -2.19. The highest BCUT2D eigenvalue weighted by Crippen LogP contribution is 2.15. The fraction of sp³-hybridized carbons (Fsp3) is 0.821. The lowest BCUT2D eigenvalue weighted by molar-refractivity contribution is -0.146. The number of nitrogens with zero attached hydrogens (tertiary/aromatic N) is 1. The van der Waals surface area contributed by atoms with Crippen molar-refractivity contribution in [2.75, 3.05) is 39.5 Å². The van der Waals surface area contributed by atoms with E-state index in [1.54, 1.807) is 0 Å². The second-order valence-corrected chi connectivity index (χ2v) is 12.4. The lowest BCUT2D eigenvalue weighted by Crippen LogP contribution is -2.26. The Bertz CT molecular complexity index is 794. The van der Waals surface area contributed by atoms with Crippen molar-refractivity contribution in [3.05, 3.63) is 24.3 Å². The number of hydrogen-bond acceptors (Lipinski definition) is 8. The fourth-order valence-electron chi connectivity index (χ4n) is 5.15. The Labute approximate surface area is 288 Å². The number of allylic oxidation sites excluding steroid dienone is 4. The van der Waals surface area contributed by atoms with Gasteiger partial charge in [0, 0.05) is 25.8 Å². The standard InChI is InChI=1S/C39H71NO7/c1-5-9-11-13-14-15-16-17-18-19-20-21-22-23-25-29-37(41)44-34-27-35-45-38(42)31-30-36(28-24-12-10-6-2)47-39(43)46-33-26-32-40(7-3)8-4/h14-15,17-18,36H,5-13,16,19-35H2,1-4H3/b15-14-,18-17-. The van der Waals surface area contributed by atoms with Gasteiger partial charge in [-0.25, -0.2) is 4.79 Å². The van der Waals surface area contributed by atoms with Crippen molar-refractivity contribution in [1.82, 2.24) is 4.90 Å². The van der Waals surface area contributed by atoms with Gasteiger partial charge in [-0.2, -0.15) is 0 Å². The van der Waals surface area contributed by atoms with Crippen LogP contribution in [-0.2, 0) is 28.5 Å². The predicted octanol–water partition coefficient (Wildman–Crippen LogP) is 10.3. The highest BCUT2D eigenvalue weighted by Gasteiger charge is 2.18. The summed E-state index contributed by atoms with van der Waals surface area (Å²) in [7, 11) is 0. The third-order valence-corrected chi connectivity index (χ3v) is 8.19. The summed E-state index contributed by atoms with van der Waals surface area (Å²) in [6.07, 6.45) is 27.9. The molecule has 0 aromatic carbocycles. The van der Waals surface area contributed by atoms with E-state index in [-0.39, 0.29) is 37.7 Å². The van der Waals surface area contributed by atoms with Crippen molar-refractivity contribution in [2.24, 2.45) is 0 Å². The van der Waals surface area contributed by atoms with E-state index in [4.69, 9.17) is 18.9 Å². The number of rotatable bonds is 33. The van der Waals surface area contributed by atoms with Crippen LogP contribution in [0.25, 0.3) is 0 Å². The molecule has 0 aliphatic rings. The Morgan fingerprint density at radius 1 is 0.553 bits per heavy atom. The van der Waals surface area contributed by atoms with Gasteiger partial charge in [0.05, 0.1) is 19.8 Å². The van der Waals surface area contributed by atoms with Crippen LogP contribution in [0.3, 0.4) is 0 Å². The molecule has 0 aliphatic carbocycles. The lowest BCUT2D eigenvalue weighted by atomic mass is 10.1. The molecule has 0 spiro atoms. The highest BCUT2D eigenvalue weighted by atomic mass is 16.7. The molecule has 0 amide bonds. The molecule has 0 aromatic rings. The Balaban J connectivity index is 3.93. The second kappa shape index (κ2) is 35.0. The average molecular weight is 666 g/mol. The molecule has 274 valence electrons. The van der Waals surface area contributed by atoms with Crippen LogP contribution in [0, 0.1) is 0 Å². The maximum Gasteiger partial charge on any atom is 0.508 e. The number of unbranched alkanes of at least 4 members (excludes halogenated alkanes) is 11. The molecule has 0 aromatic heterocycles. The van der Waals surface area contributed by atoms with E-state index >= 15 is 0 Å². The molecule has 0 fully saturated rings. The summed E-state index contributed by atoms with van der Waals surface area (Å²) in [6.45, 7) is 12.2. The predicted molar refractivity (Wildman–Crippen MR) is 193 cm³/mol. The number of ether oxygens (including phenoxy) is 4. The first-order valence-corrected chi connectivity index (χ1v) is 19.1. The van der Waals surface area contributed by atoms with Crippen LogP contribution in [0.1, 0.15) is 163 Å². The van der Waals surface area contributed by atoms with Crippen LogP contribution >= 0.6 is 0 Å². The molecule has 0 aliphatic heterocycles. The van der Waals surface area contributed by atoms with Crippen molar-refractivity contribution in [2.45, 2.75) is 169 Å². The molecule has 1 unspecified atom stereocenters. The van der Waals surface area contributed by atoms with E-state index < -0.39 is 6.16 Å². The summed E-state index contributed by atoms with van der Waals surface area (Å²) in [5, 5.41) is 0. The molecule has 8 nitrogen and oxygen atoms in total. The van der Waals surface area contributed by atoms with Crippen LogP contribution in [0.2, 0.25) is 0 Å². The van der Waals surface area contributed by atoms with Crippen LogP contribution in [0.15, 0.2) is 24.3 Å². The summed E-state index contributed by atoms with van der Waals surface area (Å²) in [4.78, 5) is 38.8. The molecule has 8 heteroatoms. The minimum Gasteiger partial charge on any atom is -0.466 e. The van der Waals surface area contributed by atoms with Gasteiger partial charge >= 0.3 is 18.1 Å². The smallest absolute Gasteiger partial charge is 0.466 e. The first-order chi connectivity index (χ1) is 23.0. The van der Waals surface area contributed by atoms with Crippen molar-refractivity contribution >= 4 is 18.1 Å². The molecule has 0 bridgehead atoms. The van der Waals surface area contributed by atoms with Gasteiger partial charge in [-0.3, -0.25) is 9.59 Å². The van der Waals surface area contributed by atoms with Crippen LogP contribution in [0.5, 0.6) is 0 Å². The molecular formula is C39H71NO7. The minimum atomic E-state index is -0.667. The number of carbonyl (C=O) groups excluding carboxylic acids is 3. The first-order valence-electron chi connectivity index (χ1n) is 19.1. The third-order valence-electron chi connectivity index (χ3n) is 8.19. The number of esters is 2. The van der Waals surface area contributed by atoms with Gasteiger partial charge in [-0.15, -0.1) is 0 Å². The van der Waals surface area contributed by atoms with E-state index in [2.05, 4.69) is 56.9 Å². The zero-order valence-electron chi connectivity index (χ0n) is 30.8. The molecule has 0 saturated carbocycles. The molecule has 0 heterocycles. The maximum absolute atomic E-state index is 12.3. The van der Waals surface area contributed by atoms with Gasteiger partial charge in [0.2, 0.25) is 0 Å². The summed E-state index contributed by atoms with van der Waals surface area (Å²) in [5.41, 5.74) is 0. The maximum atomic E-state index is 12.3. The fourth-order valence-corrected chi connectivity index (χ4v) is 5.15. The molecule has 0 N–H and O–H groups in total. The van der Waals surface area contributed by atoms with Crippen LogP contribution in [-0.4, -0.2) is 68.6 Å². The van der Waals surface area contributed by atoms with E-state index in [9.17, 15) is 14.4 Å². The average Bonchev–Trinajstić information content (AvgIpc) is 3.07. The summed E-state index contributed by atoms with van der Waals surface area (Å²) in [5.74, 6) is -0.527. The van der Waals surface area contributed by atoms with E-state index in [0.29, 0.717) is 32.3 Å². The summed E-state index contributed by atoms with van der Waals surface area (Å²) in [6, 6.07) is 0. The number of hydrogen-bond donors (Lipinski definition) is 0. The Morgan fingerprint density at radius 3 is 1.77 bits per heavy atom. The highest BCUT2D eigenvalue weighted by molar-refractivity contribution is 5.69. The normalized spacial score (nSPS) is 12.2. The van der Waals surface area contributed by atoms with Gasteiger partial charge in [0.25, 0.3) is 0 Å².